The lowest BCUT2D eigenvalue weighted by atomic mass is 10.2. The molecule has 1 fully saturated rings. The van der Waals surface area contributed by atoms with Crippen LogP contribution in [0.5, 0.6) is 5.75 Å². The Bertz CT molecular complexity index is 414. The third kappa shape index (κ3) is 3.23. The molecule has 0 spiro atoms. The van der Waals surface area contributed by atoms with Crippen LogP contribution in [-0.2, 0) is 0 Å². The Morgan fingerprint density at radius 2 is 2.11 bits per heavy atom. The molecule has 1 N–H and O–H groups in total. The number of benzene rings is 1. The minimum atomic E-state index is -0.0369. The number of likely N-dealkylation sites (tertiary alicyclic amines) is 1. The molecule has 0 saturated carbocycles. The molecule has 1 aromatic rings. The Kier molecular flexibility index (Phi) is 4.20. The molecule has 0 unspecified atom stereocenters. The summed E-state index contributed by atoms with van der Waals surface area (Å²) in [6.07, 6.45) is 2.54. The first kappa shape index (κ1) is 12.9. The number of carbonyl (C=O) groups is 1. The third-order valence-electron chi connectivity index (χ3n) is 3.39. The van der Waals surface area contributed by atoms with E-state index in [9.17, 15) is 9.90 Å². The summed E-state index contributed by atoms with van der Waals surface area (Å²) in [4.78, 5) is 16.2. The molecule has 1 aromatic carbocycles. The molecule has 4 nitrogen and oxygen atoms in total. The maximum absolute atomic E-state index is 12.1. The van der Waals surface area contributed by atoms with E-state index in [0.29, 0.717) is 5.56 Å². The van der Waals surface area contributed by atoms with E-state index in [2.05, 4.69) is 4.90 Å². The molecule has 4 heteroatoms. The number of likely N-dealkylation sites (N-methyl/N-ethyl adjacent to an activating group) is 1. The molecule has 1 aliphatic heterocycles. The molecular weight excluding hydrogens is 228 g/mol. The molecule has 98 valence electrons. The average molecular weight is 248 g/mol. The van der Waals surface area contributed by atoms with Crippen molar-refractivity contribution in [2.24, 2.45) is 0 Å². The number of phenolic OH excluding ortho intramolecular Hbond substituents is 1. The number of aromatic hydroxyl groups is 1. The molecule has 0 aliphatic carbocycles. The number of carbonyl (C=O) groups excluding carboxylic acids is 1. The van der Waals surface area contributed by atoms with E-state index >= 15 is 0 Å². The van der Waals surface area contributed by atoms with E-state index in [0.717, 1.165) is 26.2 Å². The highest BCUT2D eigenvalue weighted by molar-refractivity contribution is 5.94. The van der Waals surface area contributed by atoms with Crippen molar-refractivity contribution in [1.29, 1.82) is 0 Å². The van der Waals surface area contributed by atoms with Crippen LogP contribution < -0.4 is 0 Å². The monoisotopic (exact) mass is 248 g/mol. The molecule has 1 aliphatic rings. The van der Waals surface area contributed by atoms with Gasteiger partial charge in [0.25, 0.3) is 5.91 Å². The van der Waals surface area contributed by atoms with Crippen molar-refractivity contribution >= 4 is 5.91 Å². The van der Waals surface area contributed by atoms with Crippen molar-refractivity contribution in [3.8, 4) is 5.75 Å². The van der Waals surface area contributed by atoms with Gasteiger partial charge in [0.2, 0.25) is 0 Å². The Morgan fingerprint density at radius 1 is 1.39 bits per heavy atom. The zero-order chi connectivity index (χ0) is 13.0. The molecular formula is C14H20N2O2. The Hall–Kier alpha value is -1.55. The fourth-order valence-electron chi connectivity index (χ4n) is 2.26. The summed E-state index contributed by atoms with van der Waals surface area (Å²) in [7, 11) is 1.81. The normalized spacial score (nSPS) is 15.8. The van der Waals surface area contributed by atoms with Gasteiger partial charge in [0.05, 0.1) is 0 Å². The van der Waals surface area contributed by atoms with Crippen LogP contribution in [0.4, 0.5) is 0 Å². The highest BCUT2D eigenvalue weighted by atomic mass is 16.3. The van der Waals surface area contributed by atoms with Crippen LogP contribution in [0.3, 0.4) is 0 Å². The van der Waals surface area contributed by atoms with Crippen LogP contribution in [-0.4, -0.2) is 54.0 Å². The lowest BCUT2D eigenvalue weighted by molar-refractivity contribution is 0.0782. The Balaban J connectivity index is 1.87. The van der Waals surface area contributed by atoms with Crippen LogP contribution >= 0.6 is 0 Å². The molecule has 0 aromatic heterocycles. The van der Waals surface area contributed by atoms with E-state index in [1.807, 2.05) is 7.05 Å². The Morgan fingerprint density at radius 3 is 2.78 bits per heavy atom. The number of rotatable bonds is 4. The smallest absolute Gasteiger partial charge is 0.253 e. The van der Waals surface area contributed by atoms with Crippen LogP contribution in [0.25, 0.3) is 0 Å². The van der Waals surface area contributed by atoms with Crippen molar-refractivity contribution in [3.05, 3.63) is 29.8 Å². The predicted molar refractivity (Wildman–Crippen MR) is 70.7 cm³/mol. The zero-order valence-corrected chi connectivity index (χ0v) is 10.8. The average Bonchev–Trinajstić information content (AvgIpc) is 2.88. The summed E-state index contributed by atoms with van der Waals surface area (Å²) in [5, 5.41) is 9.37. The van der Waals surface area contributed by atoms with Gasteiger partial charge in [-0.1, -0.05) is 6.07 Å². The van der Waals surface area contributed by atoms with E-state index in [1.54, 1.807) is 23.1 Å². The Labute approximate surface area is 108 Å². The van der Waals surface area contributed by atoms with Gasteiger partial charge in [-0.3, -0.25) is 4.79 Å². The summed E-state index contributed by atoms with van der Waals surface area (Å²) >= 11 is 0. The number of hydrogen-bond donors (Lipinski definition) is 1. The molecule has 2 rings (SSSR count). The van der Waals surface area contributed by atoms with Gasteiger partial charge >= 0.3 is 0 Å². The summed E-state index contributed by atoms with van der Waals surface area (Å²) in [5.74, 6) is 0.0962. The van der Waals surface area contributed by atoms with E-state index in [1.165, 1.54) is 18.9 Å². The molecule has 18 heavy (non-hydrogen) atoms. The van der Waals surface area contributed by atoms with E-state index in [-0.39, 0.29) is 11.7 Å². The standard InChI is InChI=1S/C14H20N2O2/c1-15(9-10-16-7-2-3-8-16)14(18)12-5-4-6-13(17)11-12/h4-6,11,17H,2-3,7-10H2,1H3. The second-order valence-electron chi connectivity index (χ2n) is 4.83. The van der Waals surface area contributed by atoms with Crippen LogP contribution in [0.15, 0.2) is 24.3 Å². The lowest BCUT2D eigenvalue weighted by Gasteiger charge is -2.21. The first-order valence-corrected chi connectivity index (χ1v) is 6.43. The second kappa shape index (κ2) is 5.87. The van der Waals surface area contributed by atoms with Crippen LogP contribution in [0.2, 0.25) is 0 Å². The molecule has 0 radical (unpaired) electrons. The van der Waals surface area contributed by atoms with E-state index < -0.39 is 0 Å². The number of hydrogen-bond acceptors (Lipinski definition) is 3. The highest BCUT2D eigenvalue weighted by Crippen LogP contribution is 2.13. The molecule has 1 amide bonds. The van der Waals surface area contributed by atoms with E-state index in [4.69, 9.17) is 0 Å². The van der Waals surface area contributed by atoms with Gasteiger partial charge in [-0.05, 0) is 44.1 Å². The minimum Gasteiger partial charge on any atom is -0.508 e. The third-order valence-corrected chi connectivity index (χ3v) is 3.39. The van der Waals surface area contributed by atoms with Crippen LogP contribution in [0, 0.1) is 0 Å². The molecule has 0 bridgehead atoms. The van der Waals surface area contributed by atoms with Gasteiger partial charge in [-0.25, -0.2) is 0 Å². The van der Waals surface area contributed by atoms with Gasteiger partial charge in [0, 0.05) is 25.7 Å². The van der Waals surface area contributed by atoms with Crippen molar-refractivity contribution in [2.45, 2.75) is 12.8 Å². The van der Waals surface area contributed by atoms with Crippen molar-refractivity contribution in [2.75, 3.05) is 33.2 Å². The largest absolute Gasteiger partial charge is 0.508 e. The maximum Gasteiger partial charge on any atom is 0.253 e. The summed E-state index contributed by atoms with van der Waals surface area (Å²) in [5.41, 5.74) is 0.541. The van der Waals surface area contributed by atoms with Crippen molar-refractivity contribution < 1.29 is 9.90 Å². The quantitative estimate of drug-likeness (QED) is 0.879. The van der Waals surface area contributed by atoms with Crippen molar-refractivity contribution in [1.82, 2.24) is 9.80 Å². The maximum atomic E-state index is 12.1. The topological polar surface area (TPSA) is 43.8 Å². The number of amides is 1. The summed E-state index contributed by atoms with van der Waals surface area (Å²) in [6, 6.07) is 6.50. The zero-order valence-electron chi connectivity index (χ0n) is 10.8. The van der Waals surface area contributed by atoms with Gasteiger partial charge in [0.1, 0.15) is 5.75 Å². The van der Waals surface area contributed by atoms with Gasteiger partial charge in [0.15, 0.2) is 0 Å². The SMILES string of the molecule is CN(CCN1CCCC1)C(=O)c1cccc(O)c1. The number of phenols is 1. The fourth-order valence-corrected chi connectivity index (χ4v) is 2.26. The van der Waals surface area contributed by atoms with Gasteiger partial charge in [-0.15, -0.1) is 0 Å². The predicted octanol–water partition coefficient (Wildman–Crippen LogP) is 1.56. The fraction of sp³-hybridized carbons (Fsp3) is 0.500. The van der Waals surface area contributed by atoms with Gasteiger partial charge < -0.3 is 14.9 Å². The molecule has 0 atom stereocenters. The molecule has 1 saturated heterocycles. The summed E-state index contributed by atoms with van der Waals surface area (Å²) in [6.45, 7) is 3.96. The summed E-state index contributed by atoms with van der Waals surface area (Å²) < 4.78 is 0. The van der Waals surface area contributed by atoms with Gasteiger partial charge in [-0.2, -0.15) is 0 Å². The van der Waals surface area contributed by atoms with Crippen molar-refractivity contribution in [3.63, 3.8) is 0 Å². The number of nitrogens with zero attached hydrogens (tertiary/aromatic N) is 2. The lowest BCUT2D eigenvalue weighted by Crippen LogP contribution is -2.35. The first-order valence-electron chi connectivity index (χ1n) is 6.43. The highest BCUT2D eigenvalue weighted by Gasteiger charge is 2.15. The second-order valence-corrected chi connectivity index (χ2v) is 4.83. The first-order chi connectivity index (χ1) is 8.66. The molecule has 1 heterocycles. The van der Waals surface area contributed by atoms with Crippen LogP contribution in [0.1, 0.15) is 23.2 Å². The minimum absolute atomic E-state index is 0.0369.